The van der Waals surface area contributed by atoms with Gasteiger partial charge in [-0.2, -0.15) is 10.2 Å². The summed E-state index contributed by atoms with van der Waals surface area (Å²) in [7, 11) is 0. The van der Waals surface area contributed by atoms with Crippen LogP contribution in [0.15, 0.2) is 59.4 Å². The van der Waals surface area contributed by atoms with Crippen molar-refractivity contribution in [2.75, 3.05) is 5.32 Å². The molecule has 2 heterocycles. The summed E-state index contributed by atoms with van der Waals surface area (Å²) in [6, 6.07) is 16.6. The number of hydrogen-bond acceptors (Lipinski definition) is 4. The van der Waals surface area contributed by atoms with Gasteiger partial charge in [0, 0.05) is 23.2 Å². The minimum Gasteiger partial charge on any atom is -0.321 e. The van der Waals surface area contributed by atoms with Crippen LogP contribution in [0.25, 0.3) is 10.8 Å². The molecule has 2 aromatic heterocycles. The van der Waals surface area contributed by atoms with Crippen molar-refractivity contribution in [3.8, 4) is 0 Å². The van der Waals surface area contributed by atoms with Crippen molar-refractivity contribution < 1.29 is 4.79 Å². The van der Waals surface area contributed by atoms with Gasteiger partial charge < -0.3 is 5.32 Å². The van der Waals surface area contributed by atoms with Gasteiger partial charge in [0.2, 0.25) is 0 Å². The molecular formula is C20H17N5O2. The molecule has 0 aliphatic heterocycles. The van der Waals surface area contributed by atoms with Crippen molar-refractivity contribution in [1.82, 2.24) is 20.4 Å². The molecule has 0 saturated heterocycles. The Morgan fingerprint density at radius 1 is 1.00 bits per heavy atom. The standard InChI is InChI=1S/C20H17N5O2/c1-12-9-18(24-22-12)20(27)21-14-6-4-5-13(10-14)11-17-15-7-2-3-8-16(15)19(26)25-23-17/h2-10H,11H2,1H3,(H,21,27)(H,22,24)(H,25,26). The van der Waals surface area contributed by atoms with Gasteiger partial charge in [0.25, 0.3) is 11.5 Å². The summed E-state index contributed by atoms with van der Waals surface area (Å²) in [6.07, 6.45) is 0.530. The summed E-state index contributed by atoms with van der Waals surface area (Å²) < 4.78 is 0. The van der Waals surface area contributed by atoms with E-state index in [0.717, 1.165) is 22.3 Å². The maximum absolute atomic E-state index is 12.3. The number of rotatable bonds is 4. The number of carbonyl (C=O) groups excluding carboxylic acids is 1. The topological polar surface area (TPSA) is 104 Å². The number of benzene rings is 2. The lowest BCUT2D eigenvalue weighted by Gasteiger charge is -2.08. The molecule has 27 heavy (non-hydrogen) atoms. The van der Waals surface area contributed by atoms with Crippen LogP contribution >= 0.6 is 0 Å². The van der Waals surface area contributed by atoms with Crippen LogP contribution in [0.1, 0.15) is 27.4 Å². The van der Waals surface area contributed by atoms with E-state index in [1.54, 1.807) is 12.1 Å². The first-order valence-corrected chi connectivity index (χ1v) is 8.49. The lowest BCUT2D eigenvalue weighted by Crippen LogP contribution is -2.13. The molecule has 7 heteroatoms. The zero-order valence-corrected chi connectivity index (χ0v) is 14.6. The minimum absolute atomic E-state index is 0.204. The number of carbonyl (C=O) groups is 1. The molecule has 0 spiro atoms. The number of hydrogen-bond donors (Lipinski definition) is 3. The third kappa shape index (κ3) is 3.48. The fourth-order valence-electron chi connectivity index (χ4n) is 2.99. The quantitative estimate of drug-likeness (QED) is 0.521. The Hall–Kier alpha value is -3.74. The number of nitrogens with zero attached hydrogens (tertiary/aromatic N) is 2. The third-order valence-corrected chi connectivity index (χ3v) is 4.27. The van der Waals surface area contributed by atoms with Crippen LogP contribution in [-0.2, 0) is 6.42 Å². The fraction of sp³-hybridized carbons (Fsp3) is 0.100. The van der Waals surface area contributed by atoms with E-state index >= 15 is 0 Å². The zero-order valence-electron chi connectivity index (χ0n) is 14.6. The van der Waals surface area contributed by atoms with Crippen molar-refractivity contribution in [3.63, 3.8) is 0 Å². The SMILES string of the molecule is Cc1cc(C(=O)Nc2cccc(Cc3n[nH]c(=O)c4ccccc34)c2)n[nH]1. The molecule has 2 aromatic carbocycles. The summed E-state index contributed by atoms with van der Waals surface area (Å²) in [6.45, 7) is 1.84. The Morgan fingerprint density at radius 3 is 2.59 bits per heavy atom. The Kier molecular flexibility index (Phi) is 4.25. The summed E-state index contributed by atoms with van der Waals surface area (Å²) in [5.74, 6) is -0.274. The second-order valence-corrected chi connectivity index (χ2v) is 6.31. The maximum Gasteiger partial charge on any atom is 0.276 e. The van der Waals surface area contributed by atoms with E-state index in [1.165, 1.54) is 0 Å². The molecule has 0 radical (unpaired) electrons. The van der Waals surface area contributed by atoms with E-state index in [-0.39, 0.29) is 11.5 Å². The second kappa shape index (κ2) is 6.87. The van der Waals surface area contributed by atoms with Gasteiger partial charge in [0.1, 0.15) is 0 Å². The van der Waals surface area contributed by atoms with Crippen molar-refractivity contribution in [2.24, 2.45) is 0 Å². The van der Waals surface area contributed by atoms with E-state index in [9.17, 15) is 9.59 Å². The van der Waals surface area contributed by atoms with Crippen molar-refractivity contribution in [1.29, 1.82) is 0 Å². The van der Waals surface area contributed by atoms with E-state index in [4.69, 9.17) is 0 Å². The molecule has 3 N–H and O–H groups in total. The van der Waals surface area contributed by atoms with E-state index in [1.807, 2.05) is 49.4 Å². The molecule has 0 atom stereocenters. The van der Waals surface area contributed by atoms with Crippen LogP contribution < -0.4 is 10.9 Å². The summed E-state index contributed by atoms with van der Waals surface area (Å²) >= 11 is 0. The molecule has 1 amide bonds. The number of aryl methyl sites for hydroxylation is 1. The Bertz CT molecular complexity index is 1190. The first-order valence-electron chi connectivity index (χ1n) is 8.49. The number of aromatic nitrogens is 4. The predicted molar refractivity (Wildman–Crippen MR) is 103 cm³/mol. The average Bonchev–Trinajstić information content (AvgIpc) is 3.11. The first-order chi connectivity index (χ1) is 13.1. The molecule has 0 aliphatic carbocycles. The number of anilines is 1. The second-order valence-electron chi connectivity index (χ2n) is 6.31. The van der Waals surface area contributed by atoms with Gasteiger partial charge in [0.05, 0.1) is 11.1 Å². The number of aromatic amines is 2. The highest BCUT2D eigenvalue weighted by atomic mass is 16.2. The van der Waals surface area contributed by atoms with Gasteiger partial charge in [0.15, 0.2) is 5.69 Å². The monoisotopic (exact) mass is 359 g/mol. The molecular weight excluding hydrogens is 342 g/mol. The summed E-state index contributed by atoms with van der Waals surface area (Å²) in [4.78, 5) is 24.2. The van der Waals surface area contributed by atoms with Gasteiger partial charge in [-0.3, -0.25) is 14.7 Å². The van der Waals surface area contributed by atoms with Crippen molar-refractivity contribution in [3.05, 3.63) is 87.6 Å². The molecule has 0 bridgehead atoms. The molecule has 0 saturated carbocycles. The average molecular weight is 359 g/mol. The Morgan fingerprint density at radius 2 is 1.81 bits per heavy atom. The van der Waals surface area contributed by atoms with Gasteiger partial charge in [-0.05, 0) is 36.8 Å². The highest BCUT2D eigenvalue weighted by molar-refractivity contribution is 6.02. The normalized spacial score (nSPS) is 10.9. The minimum atomic E-state index is -0.274. The molecule has 4 aromatic rings. The first kappa shape index (κ1) is 16.7. The largest absolute Gasteiger partial charge is 0.321 e. The van der Waals surface area contributed by atoms with Crippen LogP contribution in [0, 0.1) is 6.92 Å². The lowest BCUT2D eigenvalue weighted by atomic mass is 10.0. The van der Waals surface area contributed by atoms with E-state index < -0.39 is 0 Å². The number of amides is 1. The summed E-state index contributed by atoms with van der Waals surface area (Å²) in [5, 5.41) is 17.7. The third-order valence-electron chi connectivity index (χ3n) is 4.27. The van der Waals surface area contributed by atoms with Gasteiger partial charge in [-0.15, -0.1) is 0 Å². The van der Waals surface area contributed by atoms with Gasteiger partial charge in [-0.1, -0.05) is 30.3 Å². The van der Waals surface area contributed by atoms with E-state index in [0.29, 0.717) is 23.2 Å². The van der Waals surface area contributed by atoms with E-state index in [2.05, 4.69) is 25.7 Å². The van der Waals surface area contributed by atoms with Crippen LogP contribution in [0.5, 0.6) is 0 Å². The lowest BCUT2D eigenvalue weighted by molar-refractivity contribution is 0.102. The fourth-order valence-corrected chi connectivity index (χ4v) is 2.99. The van der Waals surface area contributed by atoms with Crippen LogP contribution in [0.3, 0.4) is 0 Å². The molecule has 134 valence electrons. The zero-order chi connectivity index (χ0) is 18.8. The highest BCUT2D eigenvalue weighted by Gasteiger charge is 2.11. The predicted octanol–water partition coefficient (Wildman–Crippen LogP) is 2.80. The van der Waals surface area contributed by atoms with Crippen molar-refractivity contribution in [2.45, 2.75) is 13.3 Å². The molecule has 0 unspecified atom stereocenters. The smallest absolute Gasteiger partial charge is 0.276 e. The molecule has 7 nitrogen and oxygen atoms in total. The highest BCUT2D eigenvalue weighted by Crippen LogP contribution is 2.19. The van der Waals surface area contributed by atoms with Gasteiger partial charge in [-0.25, -0.2) is 5.10 Å². The Labute approximate surface area is 154 Å². The Balaban J connectivity index is 1.59. The van der Waals surface area contributed by atoms with Crippen molar-refractivity contribution >= 4 is 22.4 Å². The number of H-pyrrole nitrogens is 2. The van der Waals surface area contributed by atoms with Crippen LogP contribution in [0.4, 0.5) is 5.69 Å². The van der Waals surface area contributed by atoms with Crippen LogP contribution in [-0.4, -0.2) is 26.3 Å². The molecule has 0 fully saturated rings. The van der Waals surface area contributed by atoms with Crippen LogP contribution in [0.2, 0.25) is 0 Å². The maximum atomic E-state index is 12.3. The number of fused-ring (bicyclic) bond motifs is 1. The molecule has 0 aliphatic rings. The summed E-state index contributed by atoms with van der Waals surface area (Å²) in [5.41, 5.74) is 3.37. The number of nitrogens with one attached hydrogen (secondary N) is 3. The molecule has 4 rings (SSSR count). The van der Waals surface area contributed by atoms with Gasteiger partial charge >= 0.3 is 0 Å².